The van der Waals surface area contributed by atoms with Crippen LogP contribution in [0.5, 0.6) is 0 Å². The molecule has 0 aromatic rings. The normalized spacial score (nSPS) is 22.7. The average molecular weight is 297 g/mol. The van der Waals surface area contributed by atoms with Crippen LogP contribution in [0.4, 0.5) is 0 Å². The summed E-state index contributed by atoms with van der Waals surface area (Å²) in [5.74, 6) is 0.118. The maximum atomic E-state index is 12.1. The van der Waals surface area contributed by atoms with E-state index in [1.54, 1.807) is 0 Å². The molecule has 2 heterocycles. The van der Waals surface area contributed by atoms with Gasteiger partial charge >= 0.3 is 0 Å². The first kappa shape index (κ1) is 16.7. The molecule has 1 atom stereocenters. The number of piperidine rings is 1. The van der Waals surface area contributed by atoms with E-state index in [1.165, 1.54) is 25.9 Å². The molecule has 1 amide bonds. The highest BCUT2D eigenvalue weighted by atomic mass is 16.5. The van der Waals surface area contributed by atoms with Gasteiger partial charge in [-0.25, -0.2) is 0 Å². The third kappa shape index (κ3) is 5.24. The second-order valence-corrected chi connectivity index (χ2v) is 6.34. The Labute approximate surface area is 128 Å². The highest BCUT2D eigenvalue weighted by molar-refractivity contribution is 5.81. The molecule has 0 aliphatic carbocycles. The Hall–Kier alpha value is -0.650. The molecule has 1 unspecified atom stereocenters. The molecule has 2 aliphatic heterocycles. The molecule has 0 bridgehead atoms. The Balaban J connectivity index is 1.60. The monoisotopic (exact) mass is 297 g/mol. The molecule has 2 fully saturated rings. The second-order valence-electron chi connectivity index (χ2n) is 6.34. The van der Waals surface area contributed by atoms with Gasteiger partial charge < -0.3 is 20.3 Å². The molecular formula is C16H31N3O2. The lowest BCUT2D eigenvalue weighted by atomic mass is 10.1. The van der Waals surface area contributed by atoms with Crippen LogP contribution in [0.1, 0.15) is 45.4 Å². The van der Waals surface area contributed by atoms with Gasteiger partial charge in [-0.3, -0.25) is 4.79 Å². The van der Waals surface area contributed by atoms with Crippen molar-refractivity contribution in [2.75, 3.05) is 39.3 Å². The number of carbonyl (C=O) groups excluding carboxylic acids is 1. The highest BCUT2D eigenvalue weighted by Gasteiger charge is 2.26. The number of amides is 1. The van der Waals surface area contributed by atoms with Crippen LogP contribution in [0.15, 0.2) is 0 Å². The first-order valence-electron chi connectivity index (χ1n) is 8.59. The number of hydrogen-bond donors (Lipinski definition) is 1. The molecule has 2 rings (SSSR count). The van der Waals surface area contributed by atoms with Crippen LogP contribution in [-0.2, 0) is 9.53 Å². The largest absolute Gasteiger partial charge is 0.377 e. The van der Waals surface area contributed by atoms with E-state index in [1.807, 2.05) is 4.90 Å². The molecule has 0 saturated carbocycles. The maximum Gasteiger partial charge on any atom is 0.239 e. The summed E-state index contributed by atoms with van der Waals surface area (Å²) >= 11 is 0. The lowest BCUT2D eigenvalue weighted by molar-refractivity contribution is -0.135. The average Bonchev–Trinajstić information content (AvgIpc) is 3.01. The minimum Gasteiger partial charge on any atom is -0.377 e. The Kier molecular flexibility index (Phi) is 6.93. The predicted molar refractivity (Wildman–Crippen MR) is 84.1 cm³/mol. The van der Waals surface area contributed by atoms with Crippen molar-refractivity contribution in [1.82, 2.24) is 9.80 Å². The van der Waals surface area contributed by atoms with E-state index in [0.29, 0.717) is 6.10 Å². The van der Waals surface area contributed by atoms with Crippen LogP contribution in [0.25, 0.3) is 0 Å². The van der Waals surface area contributed by atoms with Crippen LogP contribution in [0.2, 0.25) is 0 Å². The third-order valence-electron chi connectivity index (χ3n) is 4.63. The molecule has 0 spiro atoms. The standard InChI is InChI=1S/C16H31N3O2/c1-2-5-15(17)16(20)19-10-6-14(7-11-19)21-13-12-18-8-3-4-9-18/h14-15H,2-13,17H2,1H3. The minimum atomic E-state index is -0.317. The summed E-state index contributed by atoms with van der Waals surface area (Å²) in [7, 11) is 0. The van der Waals surface area contributed by atoms with Crippen LogP contribution < -0.4 is 5.73 Å². The fourth-order valence-corrected chi connectivity index (χ4v) is 3.27. The van der Waals surface area contributed by atoms with Gasteiger partial charge in [0.15, 0.2) is 0 Å². The lowest BCUT2D eigenvalue weighted by Crippen LogP contribution is -2.48. The lowest BCUT2D eigenvalue weighted by Gasteiger charge is -2.33. The predicted octanol–water partition coefficient (Wildman–Crippen LogP) is 1.22. The summed E-state index contributed by atoms with van der Waals surface area (Å²) in [5, 5.41) is 0. The molecule has 2 saturated heterocycles. The summed E-state index contributed by atoms with van der Waals surface area (Å²) in [5.41, 5.74) is 5.92. The molecule has 5 nitrogen and oxygen atoms in total. The molecule has 2 N–H and O–H groups in total. The molecular weight excluding hydrogens is 266 g/mol. The fourth-order valence-electron chi connectivity index (χ4n) is 3.27. The van der Waals surface area contributed by atoms with Gasteiger partial charge in [0.2, 0.25) is 5.91 Å². The Morgan fingerprint density at radius 3 is 2.52 bits per heavy atom. The van der Waals surface area contributed by atoms with Crippen molar-refractivity contribution in [2.45, 2.75) is 57.6 Å². The van der Waals surface area contributed by atoms with Crippen molar-refractivity contribution in [1.29, 1.82) is 0 Å². The second kappa shape index (κ2) is 8.71. The quantitative estimate of drug-likeness (QED) is 0.767. The van der Waals surface area contributed by atoms with Gasteiger partial charge in [-0.15, -0.1) is 0 Å². The van der Waals surface area contributed by atoms with E-state index in [2.05, 4.69) is 11.8 Å². The van der Waals surface area contributed by atoms with Crippen molar-refractivity contribution < 1.29 is 9.53 Å². The highest BCUT2D eigenvalue weighted by Crippen LogP contribution is 2.15. The number of nitrogens with zero attached hydrogens (tertiary/aromatic N) is 2. The van der Waals surface area contributed by atoms with E-state index >= 15 is 0 Å². The number of rotatable bonds is 7. The van der Waals surface area contributed by atoms with Gasteiger partial charge in [0.05, 0.1) is 18.8 Å². The van der Waals surface area contributed by atoms with E-state index in [4.69, 9.17) is 10.5 Å². The summed E-state index contributed by atoms with van der Waals surface area (Å²) in [6.07, 6.45) is 6.62. The first-order chi connectivity index (χ1) is 10.2. The van der Waals surface area contributed by atoms with Crippen LogP contribution in [0, 0.1) is 0 Å². The van der Waals surface area contributed by atoms with Crippen molar-refractivity contribution in [3.63, 3.8) is 0 Å². The van der Waals surface area contributed by atoms with Gasteiger partial charge in [-0.1, -0.05) is 13.3 Å². The Morgan fingerprint density at radius 2 is 1.90 bits per heavy atom. The summed E-state index contributed by atoms with van der Waals surface area (Å²) in [6.45, 7) is 7.99. The number of likely N-dealkylation sites (tertiary alicyclic amines) is 2. The molecule has 2 aliphatic rings. The first-order valence-corrected chi connectivity index (χ1v) is 8.59. The van der Waals surface area contributed by atoms with E-state index < -0.39 is 0 Å². The van der Waals surface area contributed by atoms with Gasteiger partial charge in [-0.2, -0.15) is 0 Å². The van der Waals surface area contributed by atoms with Crippen molar-refractivity contribution in [3.8, 4) is 0 Å². The van der Waals surface area contributed by atoms with Gasteiger partial charge in [0, 0.05) is 19.6 Å². The summed E-state index contributed by atoms with van der Waals surface area (Å²) < 4.78 is 5.97. The van der Waals surface area contributed by atoms with Crippen LogP contribution in [-0.4, -0.2) is 67.2 Å². The number of ether oxygens (including phenoxy) is 1. The van der Waals surface area contributed by atoms with E-state index in [9.17, 15) is 4.79 Å². The van der Waals surface area contributed by atoms with E-state index in [0.717, 1.165) is 51.9 Å². The zero-order valence-corrected chi connectivity index (χ0v) is 13.4. The minimum absolute atomic E-state index is 0.118. The van der Waals surface area contributed by atoms with Crippen LogP contribution >= 0.6 is 0 Å². The third-order valence-corrected chi connectivity index (χ3v) is 4.63. The van der Waals surface area contributed by atoms with Gasteiger partial charge in [-0.05, 0) is 45.2 Å². The van der Waals surface area contributed by atoms with Crippen molar-refractivity contribution in [3.05, 3.63) is 0 Å². The zero-order valence-electron chi connectivity index (χ0n) is 13.4. The number of carbonyl (C=O) groups is 1. The molecule has 21 heavy (non-hydrogen) atoms. The molecule has 5 heteroatoms. The van der Waals surface area contributed by atoms with Gasteiger partial charge in [0.1, 0.15) is 0 Å². The molecule has 0 radical (unpaired) electrons. The van der Waals surface area contributed by atoms with Gasteiger partial charge in [0.25, 0.3) is 0 Å². The topological polar surface area (TPSA) is 58.8 Å². The maximum absolute atomic E-state index is 12.1. The summed E-state index contributed by atoms with van der Waals surface area (Å²) in [4.78, 5) is 16.5. The fraction of sp³-hybridized carbons (Fsp3) is 0.938. The number of hydrogen-bond acceptors (Lipinski definition) is 4. The SMILES string of the molecule is CCCC(N)C(=O)N1CCC(OCCN2CCCC2)CC1. The number of nitrogens with two attached hydrogens (primary N) is 1. The Morgan fingerprint density at radius 1 is 1.24 bits per heavy atom. The van der Waals surface area contributed by atoms with Crippen molar-refractivity contribution in [2.24, 2.45) is 5.73 Å². The van der Waals surface area contributed by atoms with Crippen molar-refractivity contribution >= 4 is 5.91 Å². The summed E-state index contributed by atoms with van der Waals surface area (Å²) in [6, 6.07) is -0.317. The molecule has 0 aromatic carbocycles. The molecule has 0 aromatic heterocycles. The zero-order chi connectivity index (χ0) is 15.1. The smallest absolute Gasteiger partial charge is 0.239 e. The molecule has 122 valence electrons. The van der Waals surface area contributed by atoms with Crippen LogP contribution in [0.3, 0.4) is 0 Å². The van der Waals surface area contributed by atoms with E-state index in [-0.39, 0.29) is 11.9 Å². The Bertz CT molecular complexity index is 311.